The summed E-state index contributed by atoms with van der Waals surface area (Å²) in [7, 11) is 0. The Hall–Kier alpha value is -2.66. The molecule has 0 radical (unpaired) electrons. The van der Waals surface area contributed by atoms with Crippen LogP contribution in [0.1, 0.15) is 45.0 Å². The molecule has 1 fully saturated rings. The van der Waals surface area contributed by atoms with Crippen LogP contribution in [0.5, 0.6) is 5.75 Å². The summed E-state index contributed by atoms with van der Waals surface area (Å²) >= 11 is 1.59. The van der Waals surface area contributed by atoms with Crippen molar-refractivity contribution < 1.29 is 9.90 Å². The Bertz CT molecular complexity index is 1050. The molecule has 1 saturated carbocycles. The van der Waals surface area contributed by atoms with Crippen molar-refractivity contribution in [2.75, 3.05) is 13.1 Å². The first kappa shape index (κ1) is 20.6. The van der Waals surface area contributed by atoms with Gasteiger partial charge in [-0.15, -0.1) is 11.3 Å². The van der Waals surface area contributed by atoms with Crippen molar-refractivity contribution in [2.45, 2.75) is 40.0 Å². The number of phenolic OH excluding ortho intramolecular Hbond substituents is 1. The smallest absolute Gasteiger partial charge is 0.274 e. The summed E-state index contributed by atoms with van der Waals surface area (Å²) in [6.07, 6.45) is 3.16. The Balaban J connectivity index is 1.59. The molecule has 5 heteroatoms. The lowest BCUT2D eigenvalue weighted by molar-refractivity contribution is 0.0745. The van der Waals surface area contributed by atoms with Crippen molar-refractivity contribution in [3.63, 3.8) is 0 Å². The maximum absolute atomic E-state index is 13.6. The largest absolute Gasteiger partial charge is 0.508 e. The van der Waals surface area contributed by atoms with Gasteiger partial charge in [-0.25, -0.2) is 4.98 Å². The minimum atomic E-state index is 0.0262. The fourth-order valence-corrected chi connectivity index (χ4v) is 4.52. The Morgan fingerprint density at radius 3 is 2.50 bits per heavy atom. The monoisotopic (exact) mass is 420 g/mol. The fourth-order valence-electron chi connectivity index (χ4n) is 3.61. The third kappa shape index (κ3) is 4.73. The summed E-state index contributed by atoms with van der Waals surface area (Å²) < 4.78 is 0. The molecule has 1 heterocycles. The molecule has 156 valence electrons. The van der Waals surface area contributed by atoms with E-state index in [1.807, 2.05) is 24.0 Å². The molecular weight excluding hydrogens is 392 g/mol. The van der Waals surface area contributed by atoms with Crippen LogP contribution in [0, 0.1) is 26.7 Å². The van der Waals surface area contributed by atoms with Crippen LogP contribution in [0.3, 0.4) is 0 Å². The zero-order valence-electron chi connectivity index (χ0n) is 17.8. The van der Waals surface area contributed by atoms with Crippen LogP contribution in [-0.2, 0) is 6.42 Å². The molecule has 2 aromatic carbocycles. The number of nitrogens with zero attached hydrogens (tertiary/aromatic N) is 2. The van der Waals surface area contributed by atoms with Gasteiger partial charge in [-0.3, -0.25) is 4.79 Å². The molecule has 1 amide bonds. The van der Waals surface area contributed by atoms with E-state index in [0.717, 1.165) is 34.0 Å². The van der Waals surface area contributed by atoms with Crippen LogP contribution in [0.2, 0.25) is 0 Å². The van der Waals surface area contributed by atoms with Gasteiger partial charge in [-0.1, -0.05) is 30.3 Å². The number of amides is 1. The second-order valence-corrected chi connectivity index (χ2v) is 9.52. The van der Waals surface area contributed by atoms with E-state index in [1.165, 1.54) is 24.0 Å². The second kappa shape index (κ2) is 8.60. The topological polar surface area (TPSA) is 53.4 Å². The van der Waals surface area contributed by atoms with Gasteiger partial charge in [0, 0.05) is 13.1 Å². The maximum atomic E-state index is 13.6. The van der Waals surface area contributed by atoms with E-state index in [4.69, 9.17) is 0 Å². The SMILES string of the molecule is Cc1nc(C(=O)N(CCc2ccc(O)cc2)CC2CC2)c(-c2ccc(C)c(C)c2)s1. The van der Waals surface area contributed by atoms with Gasteiger partial charge in [-0.2, -0.15) is 0 Å². The summed E-state index contributed by atoms with van der Waals surface area (Å²) in [6, 6.07) is 13.6. The van der Waals surface area contributed by atoms with E-state index >= 15 is 0 Å². The molecule has 0 unspecified atom stereocenters. The molecule has 0 aliphatic heterocycles. The van der Waals surface area contributed by atoms with Gasteiger partial charge >= 0.3 is 0 Å². The van der Waals surface area contributed by atoms with Crippen LogP contribution < -0.4 is 0 Å². The van der Waals surface area contributed by atoms with Crippen molar-refractivity contribution in [3.05, 3.63) is 69.9 Å². The predicted molar refractivity (Wildman–Crippen MR) is 122 cm³/mol. The lowest BCUT2D eigenvalue weighted by Gasteiger charge is -2.22. The Morgan fingerprint density at radius 1 is 1.10 bits per heavy atom. The van der Waals surface area contributed by atoms with Gasteiger partial charge < -0.3 is 10.0 Å². The van der Waals surface area contributed by atoms with Gasteiger partial charge in [0.25, 0.3) is 5.91 Å². The van der Waals surface area contributed by atoms with Crippen LogP contribution in [0.4, 0.5) is 0 Å². The van der Waals surface area contributed by atoms with E-state index in [0.29, 0.717) is 18.2 Å². The molecule has 0 atom stereocenters. The van der Waals surface area contributed by atoms with E-state index in [-0.39, 0.29) is 11.7 Å². The first-order valence-corrected chi connectivity index (χ1v) is 11.3. The Kier molecular flexibility index (Phi) is 5.91. The number of aryl methyl sites for hydroxylation is 3. The molecule has 0 spiro atoms. The fraction of sp³-hybridized carbons (Fsp3) is 0.360. The highest BCUT2D eigenvalue weighted by Crippen LogP contribution is 2.34. The molecule has 0 bridgehead atoms. The maximum Gasteiger partial charge on any atom is 0.274 e. The van der Waals surface area contributed by atoms with Gasteiger partial charge in [-0.05, 0) is 80.3 Å². The lowest BCUT2D eigenvalue weighted by Crippen LogP contribution is -2.35. The van der Waals surface area contributed by atoms with Crippen molar-refractivity contribution in [3.8, 4) is 16.2 Å². The minimum absolute atomic E-state index is 0.0262. The van der Waals surface area contributed by atoms with E-state index < -0.39 is 0 Å². The Labute approximate surface area is 182 Å². The minimum Gasteiger partial charge on any atom is -0.508 e. The van der Waals surface area contributed by atoms with Gasteiger partial charge in [0.1, 0.15) is 11.4 Å². The normalized spacial score (nSPS) is 13.4. The molecule has 1 aliphatic rings. The molecule has 4 rings (SSSR count). The van der Waals surface area contributed by atoms with Crippen LogP contribution in [0.25, 0.3) is 10.4 Å². The molecule has 4 nitrogen and oxygen atoms in total. The average Bonchev–Trinajstić information content (AvgIpc) is 3.47. The third-order valence-electron chi connectivity index (χ3n) is 5.78. The number of phenols is 1. The number of carbonyl (C=O) groups excluding carboxylic acids is 1. The van der Waals surface area contributed by atoms with Gasteiger partial charge in [0.05, 0.1) is 9.88 Å². The summed E-state index contributed by atoms with van der Waals surface area (Å²) in [4.78, 5) is 21.2. The zero-order valence-corrected chi connectivity index (χ0v) is 18.6. The summed E-state index contributed by atoms with van der Waals surface area (Å²) in [5.41, 5.74) is 5.23. The first-order chi connectivity index (χ1) is 14.4. The van der Waals surface area contributed by atoms with Crippen molar-refractivity contribution in [1.29, 1.82) is 0 Å². The van der Waals surface area contributed by atoms with E-state index in [2.05, 4.69) is 37.0 Å². The van der Waals surface area contributed by atoms with Gasteiger partial charge in [0.15, 0.2) is 0 Å². The second-order valence-electron chi connectivity index (χ2n) is 8.32. The molecule has 30 heavy (non-hydrogen) atoms. The summed E-state index contributed by atoms with van der Waals surface area (Å²) in [6.45, 7) is 7.62. The molecule has 1 N–H and O–H groups in total. The number of hydrogen-bond acceptors (Lipinski definition) is 4. The van der Waals surface area contributed by atoms with Gasteiger partial charge in [0.2, 0.25) is 0 Å². The van der Waals surface area contributed by atoms with Crippen molar-refractivity contribution >= 4 is 17.2 Å². The van der Waals surface area contributed by atoms with E-state index in [9.17, 15) is 9.90 Å². The molecule has 3 aromatic rings. The lowest BCUT2D eigenvalue weighted by atomic mass is 10.0. The third-order valence-corrected chi connectivity index (χ3v) is 6.80. The summed E-state index contributed by atoms with van der Waals surface area (Å²) in [5, 5.41) is 10.4. The van der Waals surface area contributed by atoms with E-state index in [1.54, 1.807) is 23.5 Å². The number of rotatable bonds is 7. The van der Waals surface area contributed by atoms with Crippen molar-refractivity contribution in [1.82, 2.24) is 9.88 Å². The molecule has 1 aliphatic carbocycles. The molecule has 1 aromatic heterocycles. The number of aromatic hydroxyl groups is 1. The van der Waals surface area contributed by atoms with Crippen LogP contribution in [0.15, 0.2) is 42.5 Å². The molecular formula is C25H28N2O2S. The highest BCUT2D eigenvalue weighted by molar-refractivity contribution is 7.15. The number of thiazole rings is 1. The number of aromatic nitrogens is 1. The standard InChI is InChI=1S/C25H28N2O2S/c1-16-4-9-21(14-17(16)2)24-23(26-18(3)30-24)25(29)27(15-20-5-6-20)13-12-19-7-10-22(28)11-8-19/h4,7-11,14,20,28H,5-6,12-13,15H2,1-3H3. The quantitative estimate of drug-likeness (QED) is 0.546. The van der Waals surface area contributed by atoms with Crippen LogP contribution >= 0.6 is 11.3 Å². The summed E-state index contributed by atoms with van der Waals surface area (Å²) in [5.74, 6) is 0.900. The first-order valence-electron chi connectivity index (χ1n) is 10.5. The highest BCUT2D eigenvalue weighted by atomic mass is 32.1. The zero-order chi connectivity index (χ0) is 21.3. The van der Waals surface area contributed by atoms with Crippen molar-refractivity contribution in [2.24, 2.45) is 5.92 Å². The predicted octanol–water partition coefficient (Wildman–Crippen LogP) is 5.54. The van der Waals surface area contributed by atoms with Crippen LogP contribution in [-0.4, -0.2) is 34.0 Å². The Morgan fingerprint density at radius 2 is 1.83 bits per heavy atom. The molecule has 0 saturated heterocycles. The number of carbonyl (C=O) groups is 1. The highest BCUT2D eigenvalue weighted by Gasteiger charge is 2.29. The average molecular weight is 421 g/mol. The number of benzene rings is 2. The number of hydrogen-bond donors (Lipinski definition) is 1.